The van der Waals surface area contributed by atoms with Gasteiger partial charge in [-0.15, -0.1) is 0 Å². The van der Waals surface area contributed by atoms with Gasteiger partial charge >= 0.3 is 0 Å². The Bertz CT molecular complexity index is 395. The summed E-state index contributed by atoms with van der Waals surface area (Å²) in [5, 5.41) is 0.439. The summed E-state index contributed by atoms with van der Waals surface area (Å²) in [7, 11) is 2.71. The van der Waals surface area contributed by atoms with Crippen molar-refractivity contribution in [1.29, 1.82) is 0 Å². The van der Waals surface area contributed by atoms with Crippen molar-refractivity contribution >= 4 is 14.3 Å². The highest BCUT2D eigenvalue weighted by Gasteiger charge is 2.36. The molecule has 0 aromatic heterocycles. The second kappa shape index (κ2) is 8.43. The Morgan fingerprint density at radius 3 is 1.52 bits per heavy atom. The van der Waals surface area contributed by atoms with E-state index in [1.165, 1.54) is 39.9 Å². The molecule has 0 saturated heterocycles. The van der Waals surface area contributed by atoms with Gasteiger partial charge in [0.1, 0.15) is 0 Å². The van der Waals surface area contributed by atoms with Gasteiger partial charge in [0.05, 0.1) is 14.3 Å². The van der Waals surface area contributed by atoms with Crippen LogP contribution in [0.4, 0.5) is 0 Å². The average Bonchev–Trinajstić information content (AvgIpc) is 2.19. The lowest BCUT2D eigenvalue weighted by molar-refractivity contribution is 0.124. The van der Waals surface area contributed by atoms with Gasteiger partial charge in [-0.1, -0.05) is 108 Å². The number of hydrogen-bond donors (Lipinski definition) is 0. The first-order chi connectivity index (χ1) is 10.8. The fraction of sp³-hybridized carbons (Fsp3) is 1.00. The van der Waals surface area contributed by atoms with E-state index in [2.05, 4.69) is 90.0 Å². The molecule has 0 spiro atoms. The Hall–Kier alpha value is 0.130. The summed E-state index contributed by atoms with van der Waals surface area (Å²) in [5.74, 6) is 0.744. The Morgan fingerprint density at radius 2 is 1.12 bits per heavy atom. The molecule has 0 aromatic carbocycles. The summed E-state index contributed by atoms with van der Waals surface area (Å²) in [6.45, 7) is 31.6. The summed E-state index contributed by atoms with van der Waals surface area (Å²) in [5.41, 5.74) is 1.74. The van der Waals surface area contributed by atoms with Gasteiger partial charge in [-0.05, 0) is 40.4 Å². The van der Waals surface area contributed by atoms with Gasteiger partial charge in [0.2, 0.25) is 0 Å². The van der Waals surface area contributed by atoms with Gasteiger partial charge in [0, 0.05) is 0 Å². The minimum absolute atomic E-state index is 0.415. The molecule has 0 saturated carbocycles. The summed E-state index contributed by atoms with van der Waals surface area (Å²) in [6.07, 6.45) is 5.31. The second-order valence-corrected chi connectivity index (χ2v) is 13.6. The zero-order valence-electron chi connectivity index (χ0n) is 20.3. The van der Waals surface area contributed by atoms with Crippen LogP contribution in [0, 0.1) is 27.6 Å². The van der Waals surface area contributed by atoms with Crippen LogP contribution in [0.2, 0.25) is 11.6 Å². The van der Waals surface area contributed by atoms with Crippen LogP contribution in [0.1, 0.15) is 109 Å². The van der Waals surface area contributed by atoms with Crippen LogP contribution < -0.4 is 0 Å². The maximum atomic E-state index is 2.49. The molecular weight excluding hydrogens is 298 g/mol. The van der Waals surface area contributed by atoms with Crippen molar-refractivity contribution in [2.75, 3.05) is 0 Å². The fourth-order valence-electron chi connectivity index (χ4n) is 5.45. The molecular formula is C23H50B2. The topological polar surface area (TPSA) is 0 Å². The van der Waals surface area contributed by atoms with Crippen LogP contribution >= 0.6 is 0 Å². The third kappa shape index (κ3) is 11.4. The van der Waals surface area contributed by atoms with E-state index in [0.29, 0.717) is 27.0 Å². The summed E-state index contributed by atoms with van der Waals surface area (Å²) in [6, 6.07) is 0. The molecule has 148 valence electrons. The predicted octanol–water partition coefficient (Wildman–Crippen LogP) is 7.34. The number of rotatable bonds is 10. The van der Waals surface area contributed by atoms with E-state index in [1.807, 2.05) is 0 Å². The summed E-state index contributed by atoms with van der Waals surface area (Å²) in [4.78, 5) is 0. The maximum absolute atomic E-state index is 2.49. The molecule has 25 heavy (non-hydrogen) atoms. The van der Waals surface area contributed by atoms with Crippen molar-refractivity contribution in [3.63, 3.8) is 0 Å². The predicted molar refractivity (Wildman–Crippen MR) is 123 cm³/mol. The lowest BCUT2D eigenvalue weighted by atomic mass is 9.25. The Morgan fingerprint density at radius 1 is 0.640 bits per heavy atom. The standard InChI is InChI=1S/C23H50B2/c1-18(2)22(10,11)15-20(6,7)16-23(12,13)25-24-17-21(8,9)14-19(3,4)5/h18,24-25H,14-17H2,1-13H3. The van der Waals surface area contributed by atoms with Gasteiger partial charge < -0.3 is 0 Å². The van der Waals surface area contributed by atoms with Crippen LogP contribution in [-0.4, -0.2) is 14.3 Å². The van der Waals surface area contributed by atoms with Crippen LogP contribution in [0.5, 0.6) is 0 Å². The van der Waals surface area contributed by atoms with Crippen LogP contribution in [0.3, 0.4) is 0 Å². The lowest BCUT2D eigenvalue weighted by Gasteiger charge is -2.42. The van der Waals surface area contributed by atoms with Gasteiger partial charge in [-0.25, -0.2) is 0 Å². The van der Waals surface area contributed by atoms with E-state index >= 15 is 0 Å². The van der Waals surface area contributed by atoms with E-state index < -0.39 is 0 Å². The molecule has 0 amide bonds. The molecule has 0 unspecified atom stereocenters. The molecule has 0 fully saturated rings. The maximum Gasteiger partial charge on any atom is 0.0938 e. The molecule has 0 radical (unpaired) electrons. The smallest absolute Gasteiger partial charge is 0.0795 e. The van der Waals surface area contributed by atoms with E-state index in [-0.39, 0.29) is 0 Å². The largest absolute Gasteiger partial charge is 0.0938 e. The van der Waals surface area contributed by atoms with Gasteiger partial charge in [-0.2, -0.15) is 0 Å². The van der Waals surface area contributed by atoms with Gasteiger partial charge in [0.25, 0.3) is 0 Å². The van der Waals surface area contributed by atoms with Crippen molar-refractivity contribution in [1.82, 2.24) is 0 Å². The molecule has 0 aliphatic carbocycles. The fourth-order valence-corrected chi connectivity index (χ4v) is 5.45. The first-order valence-electron chi connectivity index (χ1n) is 10.8. The third-order valence-corrected chi connectivity index (χ3v) is 6.17. The van der Waals surface area contributed by atoms with E-state index in [1.54, 1.807) is 0 Å². The molecule has 0 nitrogen and oxygen atoms in total. The van der Waals surface area contributed by atoms with E-state index in [0.717, 1.165) is 5.92 Å². The van der Waals surface area contributed by atoms with Crippen LogP contribution in [-0.2, 0) is 0 Å². The average molecular weight is 348 g/mol. The van der Waals surface area contributed by atoms with Gasteiger partial charge in [-0.3, -0.25) is 0 Å². The van der Waals surface area contributed by atoms with E-state index in [4.69, 9.17) is 0 Å². The normalized spacial score (nSPS) is 14.8. The Labute approximate surface area is 163 Å². The third-order valence-electron chi connectivity index (χ3n) is 6.17. The SMILES string of the molecule is CC(C)C(C)(C)CC(C)(C)CC(C)(C)BBCC(C)(C)CC(C)(C)C. The Kier molecular flexibility index (Phi) is 8.47. The van der Waals surface area contributed by atoms with Crippen molar-refractivity contribution in [3.8, 4) is 0 Å². The zero-order chi connectivity index (χ0) is 20.3. The highest BCUT2D eigenvalue weighted by molar-refractivity contribution is 7.02. The van der Waals surface area contributed by atoms with Crippen molar-refractivity contribution < 1.29 is 0 Å². The molecule has 0 atom stereocenters. The quantitative estimate of drug-likeness (QED) is 0.362. The van der Waals surface area contributed by atoms with Crippen LogP contribution in [0.25, 0.3) is 0 Å². The molecule has 0 N–H and O–H groups in total. The highest BCUT2D eigenvalue weighted by atomic mass is 14.4. The highest BCUT2D eigenvalue weighted by Crippen LogP contribution is 2.47. The molecule has 0 aliphatic heterocycles. The first-order valence-corrected chi connectivity index (χ1v) is 10.8. The van der Waals surface area contributed by atoms with Crippen molar-refractivity contribution in [2.45, 2.75) is 121 Å². The number of hydrogen-bond acceptors (Lipinski definition) is 0. The molecule has 0 aromatic rings. The van der Waals surface area contributed by atoms with Gasteiger partial charge in [0.15, 0.2) is 0 Å². The molecule has 0 bridgehead atoms. The van der Waals surface area contributed by atoms with E-state index in [9.17, 15) is 0 Å². The monoisotopic (exact) mass is 348 g/mol. The molecule has 2 heteroatoms. The van der Waals surface area contributed by atoms with Crippen LogP contribution in [0.15, 0.2) is 0 Å². The first kappa shape index (κ1) is 25.1. The lowest BCUT2D eigenvalue weighted by Crippen LogP contribution is -2.33. The minimum atomic E-state index is 0.415. The van der Waals surface area contributed by atoms with Crippen molar-refractivity contribution in [3.05, 3.63) is 0 Å². The second-order valence-electron chi connectivity index (χ2n) is 13.6. The molecule has 0 rings (SSSR count). The summed E-state index contributed by atoms with van der Waals surface area (Å²) >= 11 is 0. The zero-order valence-corrected chi connectivity index (χ0v) is 20.3. The summed E-state index contributed by atoms with van der Waals surface area (Å²) < 4.78 is 0. The van der Waals surface area contributed by atoms with Crippen molar-refractivity contribution in [2.24, 2.45) is 27.6 Å². The molecule has 0 aliphatic rings. The minimum Gasteiger partial charge on any atom is -0.0795 e. The molecule has 0 heterocycles. The Balaban J connectivity index is 4.63.